The second kappa shape index (κ2) is 9.46. The van der Waals surface area contributed by atoms with Gasteiger partial charge < -0.3 is 10.1 Å². The molecule has 1 aliphatic rings. The van der Waals surface area contributed by atoms with Gasteiger partial charge in [-0.1, -0.05) is 35.5 Å². The number of ether oxygens (including phenoxy) is 1. The van der Waals surface area contributed by atoms with E-state index in [4.69, 9.17) is 16.3 Å². The van der Waals surface area contributed by atoms with E-state index in [1.165, 1.54) is 12.1 Å². The molecule has 8 heteroatoms. The first-order chi connectivity index (χ1) is 15.5. The Kier molecular flexibility index (Phi) is 6.48. The van der Waals surface area contributed by atoms with E-state index in [9.17, 15) is 14.0 Å². The lowest BCUT2D eigenvalue weighted by Crippen LogP contribution is -2.32. The number of hydrogen-bond acceptors (Lipinski definition) is 5. The van der Waals surface area contributed by atoms with Crippen LogP contribution >= 0.6 is 23.4 Å². The number of thioether (sulfide) groups is 1. The summed E-state index contributed by atoms with van der Waals surface area (Å²) in [5.74, 6) is -0.976. The number of anilines is 2. The van der Waals surface area contributed by atoms with E-state index in [1.54, 1.807) is 60.7 Å². The highest BCUT2D eigenvalue weighted by Crippen LogP contribution is 2.38. The van der Waals surface area contributed by atoms with Crippen molar-refractivity contribution in [1.29, 1.82) is 0 Å². The number of nitrogens with one attached hydrogen (secondary N) is 1. The Morgan fingerprint density at radius 3 is 2.31 bits per heavy atom. The maximum absolute atomic E-state index is 14.3. The number of carbonyl (C=O) groups is 2. The quantitative estimate of drug-likeness (QED) is 0.440. The number of nitrogens with zero attached hydrogens (tertiary/aromatic N) is 1. The Hall–Kier alpha value is -3.29. The van der Waals surface area contributed by atoms with Gasteiger partial charge in [-0.3, -0.25) is 9.59 Å². The molecule has 162 valence electrons. The van der Waals surface area contributed by atoms with Gasteiger partial charge in [-0.05, 0) is 67.6 Å². The van der Waals surface area contributed by atoms with E-state index in [-0.39, 0.29) is 16.3 Å². The highest BCUT2D eigenvalue weighted by Gasteiger charge is 2.40. The van der Waals surface area contributed by atoms with Gasteiger partial charge >= 0.3 is 0 Å². The number of rotatable bonds is 7. The van der Waals surface area contributed by atoms with Crippen molar-refractivity contribution in [1.82, 2.24) is 0 Å². The van der Waals surface area contributed by atoms with Gasteiger partial charge in [0.2, 0.25) is 0 Å². The average Bonchev–Trinajstić information content (AvgIpc) is 3.01. The van der Waals surface area contributed by atoms with Crippen LogP contribution in [0.5, 0.6) is 5.75 Å². The number of amides is 2. The Morgan fingerprint density at radius 2 is 1.66 bits per heavy atom. The van der Waals surface area contributed by atoms with Crippen LogP contribution in [0.15, 0.2) is 88.3 Å². The first-order valence-corrected chi connectivity index (χ1v) is 11.0. The Morgan fingerprint density at radius 1 is 0.969 bits per heavy atom. The molecule has 0 fully saturated rings. The molecule has 0 bridgehead atoms. The first kappa shape index (κ1) is 21.9. The molecule has 32 heavy (non-hydrogen) atoms. The largest absolute Gasteiger partial charge is 0.494 e. The lowest BCUT2D eigenvalue weighted by atomic mass is 10.2. The summed E-state index contributed by atoms with van der Waals surface area (Å²) in [6, 6.07) is 19.5. The van der Waals surface area contributed by atoms with Crippen LogP contribution in [-0.4, -0.2) is 18.4 Å². The topological polar surface area (TPSA) is 58.6 Å². The number of para-hydroxylation sites is 1. The molecule has 1 heterocycles. The minimum atomic E-state index is -0.570. The van der Waals surface area contributed by atoms with Crippen molar-refractivity contribution in [2.24, 2.45) is 0 Å². The third-order valence-electron chi connectivity index (χ3n) is 4.61. The van der Waals surface area contributed by atoms with E-state index in [2.05, 4.69) is 5.32 Å². The molecule has 0 aliphatic carbocycles. The molecular weight excluding hydrogens is 451 g/mol. The fraction of sp³-hybridized carbons (Fsp3) is 0.0833. The van der Waals surface area contributed by atoms with E-state index < -0.39 is 17.6 Å². The summed E-state index contributed by atoms with van der Waals surface area (Å²) >= 11 is 7.07. The third kappa shape index (κ3) is 4.49. The lowest BCUT2D eigenvalue weighted by molar-refractivity contribution is -0.120. The molecule has 0 saturated carbocycles. The summed E-state index contributed by atoms with van der Waals surface area (Å²) in [4.78, 5) is 28.6. The second-order valence-electron chi connectivity index (χ2n) is 6.74. The zero-order valence-electron chi connectivity index (χ0n) is 17.0. The minimum Gasteiger partial charge on any atom is -0.494 e. The Labute approximate surface area is 193 Å². The third-order valence-corrected chi connectivity index (χ3v) is 5.96. The molecule has 2 amide bonds. The number of carbonyl (C=O) groups excluding carboxylic acids is 2. The molecule has 0 spiro atoms. The van der Waals surface area contributed by atoms with Crippen LogP contribution in [-0.2, 0) is 9.59 Å². The number of hydrogen-bond donors (Lipinski definition) is 1. The smallest absolute Gasteiger partial charge is 0.283 e. The van der Waals surface area contributed by atoms with Crippen molar-refractivity contribution < 1.29 is 18.7 Å². The predicted molar refractivity (Wildman–Crippen MR) is 124 cm³/mol. The molecule has 0 atom stereocenters. The summed E-state index contributed by atoms with van der Waals surface area (Å²) in [6.07, 6.45) is 0. The van der Waals surface area contributed by atoms with Crippen molar-refractivity contribution in [2.45, 2.75) is 11.8 Å². The van der Waals surface area contributed by atoms with Crippen LogP contribution in [0.3, 0.4) is 0 Å². The Balaban J connectivity index is 1.71. The summed E-state index contributed by atoms with van der Waals surface area (Å²) in [6.45, 7) is 2.37. The van der Waals surface area contributed by atoms with Gasteiger partial charge in [0.1, 0.15) is 22.2 Å². The van der Waals surface area contributed by atoms with Gasteiger partial charge in [0.15, 0.2) is 0 Å². The molecule has 0 radical (unpaired) electrons. The van der Waals surface area contributed by atoms with Crippen molar-refractivity contribution >= 4 is 46.6 Å². The molecular formula is C24H18ClFN2O3S. The first-order valence-electron chi connectivity index (χ1n) is 9.79. The highest BCUT2D eigenvalue weighted by atomic mass is 35.5. The molecule has 3 aromatic rings. The van der Waals surface area contributed by atoms with E-state index in [0.717, 1.165) is 16.7 Å². The SMILES string of the molecule is CCOc1ccc(N2C(=O)C(Nc3ccccc3F)=C(Sc3ccc(Cl)cc3)C2=O)cc1. The molecule has 0 aromatic heterocycles. The number of halogens is 2. The minimum absolute atomic E-state index is 0.00827. The summed E-state index contributed by atoms with van der Waals surface area (Å²) in [5.41, 5.74) is 0.503. The second-order valence-corrected chi connectivity index (χ2v) is 8.26. The fourth-order valence-corrected chi connectivity index (χ4v) is 4.18. The standard InChI is InChI=1S/C24H18ClFN2O3S/c1-2-31-17-11-9-16(10-12-17)28-23(29)21(27-20-6-4-3-5-19(20)26)22(24(28)30)32-18-13-7-15(25)8-14-18/h3-14,27H,2H2,1H3. The van der Waals surface area contributed by atoms with E-state index in [0.29, 0.717) is 28.0 Å². The van der Waals surface area contributed by atoms with Gasteiger partial charge in [0.05, 0.1) is 18.0 Å². The summed E-state index contributed by atoms with van der Waals surface area (Å²) in [7, 11) is 0. The number of imide groups is 1. The highest BCUT2D eigenvalue weighted by molar-refractivity contribution is 8.04. The molecule has 1 aliphatic heterocycles. The van der Waals surface area contributed by atoms with Crippen LogP contribution in [0.2, 0.25) is 5.02 Å². The van der Waals surface area contributed by atoms with Crippen LogP contribution in [0.4, 0.5) is 15.8 Å². The van der Waals surface area contributed by atoms with Crippen LogP contribution < -0.4 is 15.0 Å². The summed E-state index contributed by atoms with van der Waals surface area (Å²) < 4.78 is 19.7. The molecule has 3 aromatic carbocycles. The monoisotopic (exact) mass is 468 g/mol. The van der Waals surface area contributed by atoms with Gasteiger partial charge in [0.25, 0.3) is 11.8 Å². The number of benzene rings is 3. The molecule has 5 nitrogen and oxygen atoms in total. The Bertz CT molecular complexity index is 1200. The van der Waals surface area contributed by atoms with Gasteiger partial charge in [-0.25, -0.2) is 9.29 Å². The van der Waals surface area contributed by atoms with Crippen LogP contribution in [0.25, 0.3) is 0 Å². The van der Waals surface area contributed by atoms with Crippen molar-refractivity contribution in [2.75, 3.05) is 16.8 Å². The molecule has 1 N–H and O–H groups in total. The van der Waals surface area contributed by atoms with Crippen LogP contribution in [0, 0.1) is 5.82 Å². The maximum atomic E-state index is 14.3. The lowest BCUT2D eigenvalue weighted by Gasteiger charge is -2.16. The van der Waals surface area contributed by atoms with Gasteiger partial charge in [0, 0.05) is 9.92 Å². The normalized spacial score (nSPS) is 13.7. The average molecular weight is 469 g/mol. The van der Waals surface area contributed by atoms with Gasteiger partial charge in [-0.15, -0.1) is 0 Å². The van der Waals surface area contributed by atoms with Crippen molar-refractivity contribution in [3.05, 3.63) is 94.2 Å². The zero-order valence-corrected chi connectivity index (χ0v) is 18.5. The molecule has 4 rings (SSSR count). The predicted octanol–water partition coefficient (Wildman–Crippen LogP) is 5.87. The zero-order chi connectivity index (χ0) is 22.7. The molecule has 0 unspecified atom stereocenters. The van der Waals surface area contributed by atoms with Crippen molar-refractivity contribution in [3.8, 4) is 5.75 Å². The van der Waals surface area contributed by atoms with E-state index in [1.807, 2.05) is 6.92 Å². The maximum Gasteiger partial charge on any atom is 0.283 e. The van der Waals surface area contributed by atoms with Gasteiger partial charge in [-0.2, -0.15) is 0 Å². The van der Waals surface area contributed by atoms with E-state index >= 15 is 0 Å². The van der Waals surface area contributed by atoms with Crippen molar-refractivity contribution in [3.63, 3.8) is 0 Å². The van der Waals surface area contributed by atoms with Crippen LogP contribution in [0.1, 0.15) is 6.92 Å². The molecule has 0 saturated heterocycles. The summed E-state index contributed by atoms with van der Waals surface area (Å²) in [5, 5.41) is 3.38. The fourth-order valence-electron chi connectivity index (χ4n) is 3.12.